The molecule has 23 heavy (non-hydrogen) atoms. The summed E-state index contributed by atoms with van der Waals surface area (Å²) in [5.41, 5.74) is -1.41. The molecule has 6 heteroatoms. The van der Waals surface area contributed by atoms with Crippen molar-refractivity contribution in [3.05, 3.63) is 24.3 Å². The van der Waals surface area contributed by atoms with Crippen LogP contribution >= 0.6 is 0 Å². The summed E-state index contributed by atoms with van der Waals surface area (Å²) in [5, 5.41) is 20.5. The van der Waals surface area contributed by atoms with Crippen molar-refractivity contribution in [2.24, 2.45) is 0 Å². The molecule has 0 saturated carbocycles. The van der Waals surface area contributed by atoms with Gasteiger partial charge >= 0.3 is 7.12 Å². The average molecular weight is 322 g/mol. The number of rotatable bonds is 6. The fraction of sp³-hybridized carbons (Fsp3) is 0.647. The minimum Gasteiger partial charge on any atom is -0.465 e. The molecule has 0 aliphatic carbocycles. The quantitative estimate of drug-likeness (QED) is 0.782. The van der Waals surface area contributed by atoms with Crippen LogP contribution in [0.3, 0.4) is 0 Å². The van der Waals surface area contributed by atoms with Crippen LogP contribution in [0.2, 0.25) is 0 Å². The number of hydrogen-bond donors (Lipinski definition) is 2. The second-order valence-corrected chi connectivity index (χ2v) is 7.03. The summed E-state index contributed by atoms with van der Waals surface area (Å²) in [6.07, 6.45) is 2.80. The molecular formula is C17H27BO5. The van der Waals surface area contributed by atoms with E-state index in [9.17, 15) is 10.1 Å². The molecule has 0 spiro atoms. The van der Waals surface area contributed by atoms with E-state index in [-0.39, 0.29) is 6.29 Å². The van der Waals surface area contributed by atoms with E-state index in [4.69, 9.17) is 14.1 Å². The molecule has 1 unspecified atom stereocenters. The lowest BCUT2D eigenvalue weighted by molar-refractivity contribution is -0.105. The summed E-state index contributed by atoms with van der Waals surface area (Å²) in [4.78, 5) is 0. The molecule has 1 aliphatic heterocycles. The summed E-state index contributed by atoms with van der Waals surface area (Å²) in [6, 6.07) is 7.13. The van der Waals surface area contributed by atoms with E-state index < -0.39 is 18.3 Å². The Morgan fingerprint density at radius 1 is 1.22 bits per heavy atom. The van der Waals surface area contributed by atoms with Crippen LogP contribution in [0.5, 0.6) is 5.75 Å². The Kier molecular flexibility index (Phi) is 5.73. The molecule has 2 rings (SSSR count). The zero-order chi connectivity index (χ0) is 17.1. The monoisotopic (exact) mass is 322 g/mol. The molecule has 1 aromatic carbocycles. The van der Waals surface area contributed by atoms with Crippen LogP contribution in [-0.4, -0.2) is 41.3 Å². The van der Waals surface area contributed by atoms with Crippen molar-refractivity contribution >= 4 is 12.6 Å². The lowest BCUT2D eigenvalue weighted by Gasteiger charge is -2.38. The van der Waals surface area contributed by atoms with Crippen LogP contribution < -0.4 is 10.2 Å². The number of hydrogen-bond acceptors (Lipinski definition) is 5. The van der Waals surface area contributed by atoms with Gasteiger partial charge in [0.25, 0.3) is 0 Å². The van der Waals surface area contributed by atoms with Gasteiger partial charge in [-0.2, -0.15) is 0 Å². The lowest BCUT2D eigenvalue weighted by Crippen LogP contribution is -2.53. The third-order valence-corrected chi connectivity index (χ3v) is 4.43. The standard InChI is InChI=1S/C17H27BO5/c1-16(2,19)17(3,4)23-18(20)13-8-7-9-14(12-13)22-15-10-5-6-11-21-15/h7-9,12,15,19-20H,5-6,10-11H2,1-4H3. The fourth-order valence-corrected chi connectivity index (χ4v) is 2.19. The Morgan fingerprint density at radius 3 is 2.57 bits per heavy atom. The Hall–Kier alpha value is -1.08. The molecule has 0 amide bonds. The summed E-state index contributed by atoms with van der Waals surface area (Å²) in [5.74, 6) is 0.637. The Bertz CT molecular complexity index is 506. The van der Waals surface area contributed by atoms with Crippen molar-refractivity contribution in [3.63, 3.8) is 0 Å². The van der Waals surface area contributed by atoms with Crippen LogP contribution in [-0.2, 0) is 9.39 Å². The fourth-order valence-electron chi connectivity index (χ4n) is 2.19. The van der Waals surface area contributed by atoms with E-state index in [1.807, 2.05) is 6.07 Å². The van der Waals surface area contributed by atoms with E-state index >= 15 is 0 Å². The molecular weight excluding hydrogens is 295 g/mol. The predicted octanol–water partition coefficient (Wildman–Crippen LogP) is 1.85. The third kappa shape index (κ3) is 4.95. The lowest BCUT2D eigenvalue weighted by atomic mass is 9.76. The van der Waals surface area contributed by atoms with Gasteiger partial charge in [0.05, 0.1) is 17.8 Å². The SMILES string of the molecule is CC(C)(O)C(C)(C)OB(O)c1cccc(OC2CCCCO2)c1. The molecule has 0 aromatic heterocycles. The van der Waals surface area contributed by atoms with Gasteiger partial charge in [0.15, 0.2) is 6.29 Å². The minimum atomic E-state index is -1.15. The maximum Gasteiger partial charge on any atom is 0.491 e. The van der Waals surface area contributed by atoms with Crippen molar-refractivity contribution in [1.82, 2.24) is 0 Å². The van der Waals surface area contributed by atoms with Gasteiger partial charge in [0.1, 0.15) is 5.75 Å². The van der Waals surface area contributed by atoms with Crippen LogP contribution in [0.4, 0.5) is 0 Å². The molecule has 1 atom stereocenters. The Morgan fingerprint density at radius 2 is 1.96 bits per heavy atom. The average Bonchev–Trinajstić information content (AvgIpc) is 2.47. The predicted molar refractivity (Wildman–Crippen MR) is 89.7 cm³/mol. The van der Waals surface area contributed by atoms with Crippen LogP contribution in [0.15, 0.2) is 24.3 Å². The van der Waals surface area contributed by atoms with Gasteiger partial charge in [-0.1, -0.05) is 12.1 Å². The summed E-state index contributed by atoms with van der Waals surface area (Å²) >= 11 is 0. The molecule has 0 radical (unpaired) electrons. The van der Waals surface area contributed by atoms with Crippen molar-refractivity contribution in [3.8, 4) is 5.75 Å². The van der Waals surface area contributed by atoms with Crippen LogP contribution in [0, 0.1) is 0 Å². The summed E-state index contributed by atoms with van der Waals surface area (Å²) in [7, 11) is -1.15. The molecule has 1 heterocycles. The van der Waals surface area contributed by atoms with Gasteiger partial charge in [0.2, 0.25) is 0 Å². The second-order valence-electron chi connectivity index (χ2n) is 7.03. The summed E-state index contributed by atoms with van der Waals surface area (Å²) < 4.78 is 17.0. The number of aliphatic hydroxyl groups is 1. The first-order chi connectivity index (χ1) is 10.7. The van der Waals surface area contributed by atoms with Gasteiger partial charge in [0, 0.05) is 6.42 Å². The highest BCUT2D eigenvalue weighted by molar-refractivity contribution is 6.60. The minimum absolute atomic E-state index is 0.232. The van der Waals surface area contributed by atoms with E-state index in [0.717, 1.165) is 25.9 Å². The Balaban J connectivity index is 2.03. The molecule has 5 nitrogen and oxygen atoms in total. The zero-order valence-electron chi connectivity index (χ0n) is 14.4. The molecule has 1 aromatic rings. The van der Waals surface area contributed by atoms with Crippen LogP contribution in [0.25, 0.3) is 0 Å². The van der Waals surface area contributed by atoms with E-state index in [1.165, 1.54) is 0 Å². The number of benzene rings is 1. The first-order valence-corrected chi connectivity index (χ1v) is 8.15. The van der Waals surface area contributed by atoms with Gasteiger partial charge in [-0.15, -0.1) is 0 Å². The van der Waals surface area contributed by atoms with Gasteiger partial charge in [-0.05, 0) is 58.1 Å². The number of ether oxygens (including phenoxy) is 2. The third-order valence-electron chi connectivity index (χ3n) is 4.43. The molecule has 1 aliphatic rings. The topological polar surface area (TPSA) is 68.2 Å². The zero-order valence-corrected chi connectivity index (χ0v) is 14.4. The largest absolute Gasteiger partial charge is 0.491 e. The first kappa shape index (κ1) is 18.3. The Labute approximate surface area is 138 Å². The molecule has 1 saturated heterocycles. The highest BCUT2D eigenvalue weighted by Gasteiger charge is 2.39. The van der Waals surface area contributed by atoms with Crippen molar-refractivity contribution in [1.29, 1.82) is 0 Å². The van der Waals surface area contributed by atoms with Gasteiger partial charge in [-0.3, -0.25) is 0 Å². The van der Waals surface area contributed by atoms with E-state index in [0.29, 0.717) is 11.2 Å². The maximum atomic E-state index is 10.3. The summed E-state index contributed by atoms with van der Waals surface area (Å²) in [6.45, 7) is 7.51. The maximum absolute atomic E-state index is 10.3. The molecule has 128 valence electrons. The van der Waals surface area contributed by atoms with Crippen LogP contribution in [0.1, 0.15) is 47.0 Å². The second kappa shape index (κ2) is 7.22. The molecule has 1 fully saturated rings. The first-order valence-electron chi connectivity index (χ1n) is 8.15. The highest BCUT2D eigenvalue weighted by Crippen LogP contribution is 2.25. The highest BCUT2D eigenvalue weighted by atomic mass is 16.7. The smallest absolute Gasteiger partial charge is 0.465 e. The van der Waals surface area contributed by atoms with Gasteiger partial charge < -0.3 is 24.3 Å². The van der Waals surface area contributed by atoms with E-state index in [2.05, 4.69) is 0 Å². The van der Waals surface area contributed by atoms with E-state index in [1.54, 1.807) is 45.9 Å². The molecule has 0 bridgehead atoms. The van der Waals surface area contributed by atoms with Crippen molar-refractivity contribution < 1.29 is 24.3 Å². The normalized spacial score (nSPS) is 19.5. The van der Waals surface area contributed by atoms with Crippen molar-refractivity contribution in [2.75, 3.05) is 6.61 Å². The van der Waals surface area contributed by atoms with Crippen molar-refractivity contribution in [2.45, 2.75) is 64.4 Å². The molecule has 2 N–H and O–H groups in total. The van der Waals surface area contributed by atoms with Gasteiger partial charge in [-0.25, -0.2) is 0 Å².